The summed E-state index contributed by atoms with van der Waals surface area (Å²) >= 11 is 1.63. The summed E-state index contributed by atoms with van der Waals surface area (Å²) in [6.45, 7) is 4.58. The zero-order valence-electron chi connectivity index (χ0n) is 16.1. The molecule has 0 bridgehead atoms. The van der Waals surface area contributed by atoms with Crippen LogP contribution in [0, 0.1) is 6.92 Å². The number of fused-ring (bicyclic) bond motifs is 1. The van der Waals surface area contributed by atoms with Crippen molar-refractivity contribution in [2.45, 2.75) is 26.4 Å². The predicted molar refractivity (Wildman–Crippen MR) is 111 cm³/mol. The van der Waals surface area contributed by atoms with Crippen molar-refractivity contribution < 1.29 is 9.59 Å². The van der Waals surface area contributed by atoms with Crippen LogP contribution in [0.3, 0.4) is 0 Å². The van der Waals surface area contributed by atoms with E-state index in [1.807, 2.05) is 67.4 Å². The molecule has 0 aliphatic carbocycles. The minimum atomic E-state index is -0.508. The zero-order chi connectivity index (χ0) is 19.8. The number of para-hydroxylation sites is 1. The summed E-state index contributed by atoms with van der Waals surface area (Å²) in [5.41, 5.74) is 2.83. The highest BCUT2D eigenvalue weighted by Crippen LogP contribution is 2.27. The number of carbonyl (C=O) groups excluding carboxylic acids is 2. The number of carbonyl (C=O) groups is 2. The molecule has 3 amide bonds. The number of thiazole rings is 1. The summed E-state index contributed by atoms with van der Waals surface area (Å²) in [5.74, 6) is -0.179. The summed E-state index contributed by atoms with van der Waals surface area (Å²) in [5, 5.41) is 0.964. The molecule has 0 radical (unpaired) electrons. The van der Waals surface area contributed by atoms with Gasteiger partial charge < -0.3 is 0 Å². The largest absolute Gasteiger partial charge is 0.333 e. The standard InChI is InChI=1S/C21H22N4O2S/c1-14-8-10-16(11-9-14)25-15(2)20(26)24(21(25)27)13-23(3)12-19-22-17-6-4-5-7-18(17)28-19/h4-11,15H,12-13H2,1-3H3/t15-/m1/s1. The molecule has 0 saturated carbocycles. The number of hydrogen-bond acceptors (Lipinski definition) is 5. The molecule has 2 aromatic carbocycles. The van der Waals surface area contributed by atoms with Crippen molar-refractivity contribution in [2.75, 3.05) is 18.6 Å². The van der Waals surface area contributed by atoms with Crippen LogP contribution in [-0.4, -0.2) is 46.5 Å². The second kappa shape index (κ2) is 7.33. The Kier molecular flexibility index (Phi) is 4.87. The highest BCUT2D eigenvalue weighted by atomic mass is 32.1. The quantitative estimate of drug-likeness (QED) is 0.617. The van der Waals surface area contributed by atoms with Gasteiger partial charge in [0.15, 0.2) is 0 Å². The molecule has 144 valence electrons. The molecule has 1 atom stereocenters. The maximum atomic E-state index is 12.9. The molecule has 6 nitrogen and oxygen atoms in total. The topological polar surface area (TPSA) is 56.8 Å². The molecule has 0 spiro atoms. The van der Waals surface area contributed by atoms with E-state index < -0.39 is 6.04 Å². The van der Waals surface area contributed by atoms with Crippen LogP contribution >= 0.6 is 11.3 Å². The SMILES string of the molecule is Cc1ccc(N2C(=O)N(CN(C)Cc3nc4ccccc4s3)C(=O)[C@H]2C)cc1. The van der Waals surface area contributed by atoms with Gasteiger partial charge in [-0.2, -0.15) is 0 Å². The molecule has 3 aromatic rings. The Morgan fingerprint density at radius 2 is 1.82 bits per heavy atom. The van der Waals surface area contributed by atoms with Crippen molar-refractivity contribution in [1.29, 1.82) is 0 Å². The number of aryl methyl sites for hydroxylation is 1. The van der Waals surface area contributed by atoms with Gasteiger partial charge >= 0.3 is 6.03 Å². The third kappa shape index (κ3) is 3.39. The fraction of sp³-hybridized carbons (Fsp3) is 0.286. The van der Waals surface area contributed by atoms with Crippen LogP contribution in [0.2, 0.25) is 0 Å². The summed E-state index contributed by atoms with van der Waals surface area (Å²) in [6.07, 6.45) is 0. The smallest absolute Gasteiger partial charge is 0.282 e. The molecule has 1 aromatic heterocycles. The summed E-state index contributed by atoms with van der Waals surface area (Å²) in [7, 11) is 1.89. The van der Waals surface area contributed by atoms with Gasteiger partial charge in [-0.15, -0.1) is 11.3 Å². The minimum Gasteiger partial charge on any atom is -0.282 e. The normalized spacial score (nSPS) is 17.4. The van der Waals surface area contributed by atoms with Gasteiger partial charge in [-0.05, 0) is 45.2 Å². The monoisotopic (exact) mass is 394 g/mol. The fourth-order valence-electron chi connectivity index (χ4n) is 3.41. The van der Waals surface area contributed by atoms with E-state index in [4.69, 9.17) is 0 Å². The Labute approximate surface area is 168 Å². The van der Waals surface area contributed by atoms with Crippen LogP contribution < -0.4 is 4.90 Å². The third-order valence-corrected chi connectivity index (χ3v) is 5.91. The lowest BCUT2D eigenvalue weighted by Crippen LogP contribution is -2.40. The maximum absolute atomic E-state index is 12.9. The lowest BCUT2D eigenvalue weighted by Gasteiger charge is -2.22. The van der Waals surface area contributed by atoms with Gasteiger partial charge in [-0.1, -0.05) is 29.8 Å². The Bertz CT molecular complexity index is 997. The molecule has 0 N–H and O–H groups in total. The first-order chi connectivity index (χ1) is 13.4. The molecule has 1 aliphatic rings. The van der Waals surface area contributed by atoms with E-state index in [1.165, 1.54) is 4.90 Å². The van der Waals surface area contributed by atoms with Crippen molar-refractivity contribution >= 4 is 39.2 Å². The highest BCUT2D eigenvalue weighted by Gasteiger charge is 2.43. The van der Waals surface area contributed by atoms with E-state index in [-0.39, 0.29) is 18.6 Å². The van der Waals surface area contributed by atoms with Crippen molar-refractivity contribution in [3.8, 4) is 0 Å². The fourth-order valence-corrected chi connectivity index (χ4v) is 4.45. The van der Waals surface area contributed by atoms with E-state index in [2.05, 4.69) is 4.98 Å². The van der Waals surface area contributed by atoms with Crippen LogP contribution in [0.4, 0.5) is 10.5 Å². The van der Waals surface area contributed by atoms with E-state index in [9.17, 15) is 9.59 Å². The summed E-state index contributed by atoms with van der Waals surface area (Å²) < 4.78 is 1.14. The van der Waals surface area contributed by atoms with Gasteiger partial charge in [0.1, 0.15) is 11.0 Å². The molecule has 2 heterocycles. The number of aromatic nitrogens is 1. The number of benzene rings is 2. The van der Waals surface area contributed by atoms with Crippen molar-refractivity contribution in [3.05, 3.63) is 59.1 Å². The van der Waals surface area contributed by atoms with Crippen LogP contribution in [0.5, 0.6) is 0 Å². The number of rotatable bonds is 5. The van der Waals surface area contributed by atoms with Crippen molar-refractivity contribution in [1.82, 2.24) is 14.8 Å². The number of anilines is 1. The number of imide groups is 1. The molecule has 0 unspecified atom stereocenters. The first kappa shape index (κ1) is 18.6. The van der Waals surface area contributed by atoms with Gasteiger partial charge in [0.25, 0.3) is 5.91 Å². The second-order valence-electron chi connectivity index (χ2n) is 7.16. The maximum Gasteiger partial charge on any atom is 0.333 e. The molecule has 1 aliphatic heterocycles. The van der Waals surface area contributed by atoms with E-state index in [1.54, 1.807) is 23.2 Å². The Morgan fingerprint density at radius 1 is 1.11 bits per heavy atom. The molecule has 7 heteroatoms. The van der Waals surface area contributed by atoms with Crippen molar-refractivity contribution in [2.24, 2.45) is 0 Å². The van der Waals surface area contributed by atoms with E-state index in [0.29, 0.717) is 6.54 Å². The van der Waals surface area contributed by atoms with Gasteiger partial charge in [0.2, 0.25) is 0 Å². The van der Waals surface area contributed by atoms with Crippen LogP contribution in [-0.2, 0) is 11.3 Å². The lowest BCUT2D eigenvalue weighted by molar-refractivity contribution is -0.128. The molecule has 4 rings (SSSR count). The first-order valence-corrected chi connectivity index (χ1v) is 10.00. The summed E-state index contributed by atoms with van der Waals surface area (Å²) in [4.78, 5) is 35.1. The van der Waals surface area contributed by atoms with Gasteiger partial charge in [0.05, 0.1) is 23.4 Å². The van der Waals surface area contributed by atoms with Gasteiger partial charge in [0, 0.05) is 5.69 Å². The highest BCUT2D eigenvalue weighted by molar-refractivity contribution is 7.18. The number of amides is 3. The zero-order valence-corrected chi connectivity index (χ0v) is 16.9. The minimum absolute atomic E-state index is 0.179. The number of nitrogens with zero attached hydrogens (tertiary/aromatic N) is 4. The van der Waals surface area contributed by atoms with E-state index in [0.717, 1.165) is 26.5 Å². The molecular formula is C21H22N4O2S. The Hall–Kier alpha value is -2.77. The van der Waals surface area contributed by atoms with Gasteiger partial charge in [-0.25, -0.2) is 14.7 Å². The Balaban J connectivity index is 1.48. The average molecular weight is 395 g/mol. The molecular weight excluding hydrogens is 372 g/mol. The number of hydrogen-bond donors (Lipinski definition) is 0. The van der Waals surface area contributed by atoms with Crippen molar-refractivity contribution in [3.63, 3.8) is 0 Å². The van der Waals surface area contributed by atoms with Gasteiger partial charge in [-0.3, -0.25) is 14.6 Å². The molecule has 28 heavy (non-hydrogen) atoms. The average Bonchev–Trinajstić information content (AvgIpc) is 3.17. The second-order valence-corrected chi connectivity index (χ2v) is 8.28. The molecule has 1 saturated heterocycles. The van der Waals surface area contributed by atoms with Crippen LogP contribution in [0.1, 0.15) is 17.5 Å². The van der Waals surface area contributed by atoms with E-state index >= 15 is 0 Å². The van der Waals surface area contributed by atoms with Crippen LogP contribution in [0.25, 0.3) is 10.2 Å². The van der Waals surface area contributed by atoms with Crippen LogP contribution in [0.15, 0.2) is 48.5 Å². The lowest BCUT2D eigenvalue weighted by atomic mass is 10.2. The summed E-state index contributed by atoms with van der Waals surface area (Å²) in [6, 6.07) is 14.9. The number of urea groups is 1. The third-order valence-electron chi connectivity index (χ3n) is 4.89. The predicted octanol–water partition coefficient (Wildman–Crippen LogP) is 3.85. The Morgan fingerprint density at radius 3 is 2.54 bits per heavy atom. The molecule has 1 fully saturated rings. The first-order valence-electron chi connectivity index (χ1n) is 9.18.